The minimum atomic E-state index is 0. The second-order valence-electron chi connectivity index (χ2n) is 33.7. The number of imidazole rings is 1. The molecule has 10 heterocycles. The Labute approximate surface area is 925 Å². The number of nitrogens with zero attached hydrogens (tertiary/aromatic N) is 10. The third-order valence-electron chi connectivity index (χ3n) is 22.9. The summed E-state index contributed by atoms with van der Waals surface area (Å²) in [4.78, 5) is 30.7. The molecule has 0 bridgehead atoms. The van der Waals surface area contributed by atoms with E-state index in [-0.39, 0.29) is 80.4 Å². The van der Waals surface area contributed by atoms with Crippen LogP contribution in [0.25, 0.3) is 146 Å². The van der Waals surface area contributed by atoms with E-state index in [1.54, 1.807) is 24.8 Å². The smallest absolute Gasteiger partial charge is 0.321 e. The predicted octanol–water partition coefficient (Wildman–Crippen LogP) is 30.7. The third kappa shape index (κ3) is 33.3. The van der Waals surface area contributed by atoms with Gasteiger partial charge in [-0.3, -0.25) is 4.57 Å². The molecule has 148 heavy (non-hydrogen) atoms. The Morgan fingerprint density at radius 1 is 0.284 bits per heavy atom. The molecule has 0 saturated carbocycles. The number of aryl methyl sites for hydroxylation is 2. The van der Waals surface area contributed by atoms with Gasteiger partial charge in [-0.2, -0.15) is 34.9 Å². The topological polar surface area (TPSA) is 103 Å². The molecule has 14 heteroatoms. The fourth-order valence-corrected chi connectivity index (χ4v) is 15.7. The van der Waals surface area contributed by atoms with Crippen LogP contribution in [0.3, 0.4) is 0 Å². The SMILES string of the molecule is CC(C)Cc1cccc(-c2[c-]cccc2)n1.Cc1cc(-c2[c-]cccc2)ncc1-c1ccccc1.Cc1ccccc1-c1ccc(-c2[c-]cccc2)nc1.[Ir+3].[Ir].[Ir].[Ir].[c-]1ccc(-c2ccccc2)cc1-c1ccccn1.[c-]1ccccc1-[n+]1[c-]n(-c2ccccc2)cc1.[c-]1ccccc1-c1ccccn1.[c-]1ccccc1-c1ccccn1.[c-]1ccccc1-c1ccccn1.c1ccc(-c2ccc3c(c2)-c2cccc[n+]2C3)cc1. The molecule has 0 amide bonds. The molecule has 14 aromatic carbocycles. The Hall–Kier alpha value is -15.9. The maximum absolute atomic E-state index is 4.65. The average molecular weight is 2620 g/mol. The molecule has 9 aromatic heterocycles. The van der Waals surface area contributed by atoms with Crippen LogP contribution >= 0.6 is 0 Å². The molecule has 1 aliphatic rings. The van der Waals surface area contributed by atoms with Gasteiger partial charge in [0.05, 0.1) is 11.3 Å². The third-order valence-corrected chi connectivity index (χ3v) is 22.9. The van der Waals surface area contributed by atoms with E-state index in [1.165, 1.54) is 66.9 Å². The molecule has 731 valence electrons. The van der Waals surface area contributed by atoms with Crippen molar-refractivity contribution in [2.24, 2.45) is 5.92 Å². The van der Waals surface area contributed by atoms with E-state index < -0.39 is 0 Å². The normalized spacial score (nSPS) is 10.1. The number of pyridine rings is 8. The zero-order chi connectivity index (χ0) is 98.6. The van der Waals surface area contributed by atoms with Gasteiger partial charge in [0.2, 0.25) is 5.69 Å². The number of aromatic nitrogens is 10. The molecule has 0 aliphatic carbocycles. The molecule has 3 radical (unpaired) electrons. The summed E-state index contributed by atoms with van der Waals surface area (Å²) in [6.45, 7) is 9.65. The first-order valence-corrected chi connectivity index (χ1v) is 47.9. The van der Waals surface area contributed by atoms with Crippen LogP contribution < -0.4 is 9.13 Å². The molecule has 0 saturated heterocycles. The van der Waals surface area contributed by atoms with Gasteiger partial charge in [-0.05, 0) is 171 Å². The second-order valence-corrected chi connectivity index (χ2v) is 33.7. The second kappa shape index (κ2) is 60.1. The van der Waals surface area contributed by atoms with E-state index in [0.29, 0.717) is 5.92 Å². The fourth-order valence-electron chi connectivity index (χ4n) is 15.7. The van der Waals surface area contributed by atoms with Gasteiger partial charge in [-0.25, -0.2) is 0 Å². The van der Waals surface area contributed by atoms with Crippen molar-refractivity contribution in [3.05, 3.63) is 612 Å². The van der Waals surface area contributed by atoms with Gasteiger partial charge in [-0.15, -0.1) is 251 Å². The maximum Gasteiger partial charge on any atom is 3.00 e. The molecule has 0 spiro atoms. The number of fused-ring (bicyclic) bond motifs is 3. The van der Waals surface area contributed by atoms with E-state index in [0.717, 1.165) is 114 Å². The number of benzene rings is 14. The largest absolute Gasteiger partial charge is 3.00 e. The van der Waals surface area contributed by atoms with Crippen LogP contribution in [0.15, 0.2) is 535 Å². The van der Waals surface area contributed by atoms with Gasteiger partial charge >= 0.3 is 20.1 Å². The van der Waals surface area contributed by atoms with Gasteiger partial charge in [0.25, 0.3) is 6.33 Å². The quantitative estimate of drug-likeness (QED) is 0.0744. The molecular formula is C134H105Ir4N10-4. The van der Waals surface area contributed by atoms with E-state index in [2.05, 4.69) is 292 Å². The predicted molar refractivity (Wildman–Crippen MR) is 585 cm³/mol. The Morgan fingerprint density at radius 2 is 0.696 bits per heavy atom. The van der Waals surface area contributed by atoms with E-state index in [9.17, 15) is 0 Å². The number of rotatable bonds is 15. The molecule has 1 aliphatic heterocycles. The van der Waals surface area contributed by atoms with Crippen molar-refractivity contribution in [3.8, 4) is 146 Å². The minimum Gasteiger partial charge on any atom is -0.321 e. The Bertz CT molecular complexity index is 7310. The maximum atomic E-state index is 4.65. The van der Waals surface area contributed by atoms with E-state index in [4.69, 9.17) is 0 Å². The van der Waals surface area contributed by atoms with Crippen LogP contribution in [0.4, 0.5) is 0 Å². The van der Waals surface area contributed by atoms with Gasteiger partial charge in [0.15, 0.2) is 12.7 Å². The summed E-state index contributed by atoms with van der Waals surface area (Å²) >= 11 is 0. The van der Waals surface area contributed by atoms with Crippen molar-refractivity contribution in [2.45, 2.75) is 40.7 Å². The Balaban J connectivity index is 0.000000148. The first-order chi connectivity index (χ1) is 71.1. The zero-order valence-electron chi connectivity index (χ0n) is 82.1. The standard InChI is InChI=1S/3C18H14N.C17H12N.C15H11N2.C15H16N.3C11H8N.4Ir/c1-2-6-14(7-3-1)15-9-10-16-13-19-11-5-4-8-18(19)17(16)12-15;1-14-12-18(16-10-6-3-7-11-16)19-13-17(14)15-8-4-2-5-9-15;1-14-7-5-6-10-17(14)16-11-12-18(19-13-16)15-8-3-2-4-9-15;1-2-7-14(8-3-1)15-9-6-10-16(13-15)17-11-4-5-12-18-17;1-3-7-14(8-4-1)16-11-12-17(13-16)15-9-5-2-6-10-15;1-12(2)11-14-9-6-10-15(16-14)13-7-4-3-5-8-13;3*1-2-6-10(7-3-1)11-8-4-5-9-12-11;;;;/h1-12H,13H2;2-10,12-13H,1H3;2-8,10-13H,1H3;1-9,11-13H;1-9,11-12H;3-7,9-10,12H,11H2,1-2H3;3*1-6,8-9H;;;;/q+1;8*-1;;;;+3. The van der Waals surface area contributed by atoms with Gasteiger partial charge in [0, 0.05) is 139 Å². The summed E-state index contributed by atoms with van der Waals surface area (Å²) in [5.74, 6) is 0.641. The van der Waals surface area contributed by atoms with Gasteiger partial charge in [0.1, 0.15) is 0 Å². The van der Waals surface area contributed by atoms with Crippen molar-refractivity contribution in [3.63, 3.8) is 0 Å². The first kappa shape index (κ1) is 111. The van der Waals surface area contributed by atoms with Crippen LogP contribution in [-0.4, -0.2) is 39.5 Å². The van der Waals surface area contributed by atoms with Crippen molar-refractivity contribution in [1.29, 1.82) is 0 Å². The van der Waals surface area contributed by atoms with Crippen LogP contribution in [0.1, 0.15) is 36.2 Å². The molecule has 0 atom stereocenters. The molecule has 23 aromatic rings. The Kier molecular flexibility index (Phi) is 45.0. The van der Waals surface area contributed by atoms with Gasteiger partial charge < -0.3 is 39.5 Å². The number of para-hydroxylation sites is 2. The van der Waals surface area contributed by atoms with Crippen molar-refractivity contribution in [2.75, 3.05) is 0 Å². The Morgan fingerprint density at radius 3 is 1.16 bits per heavy atom. The number of hydrogen-bond donors (Lipinski definition) is 0. The summed E-state index contributed by atoms with van der Waals surface area (Å²) in [5.41, 5.74) is 33.6. The molecule has 0 unspecified atom stereocenters. The molecular weight excluding hydrogens is 2520 g/mol. The van der Waals surface area contributed by atoms with Crippen molar-refractivity contribution >= 4 is 0 Å². The average Bonchev–Trinajstić information content (AvgIpc) is 1.63. The molecule has 10 nitrogen and oxygen atoms in total. The van der Waals surface area contributed by atoms with Crippen LogP contribution in [0, 0.1) is 74.6 Å². The monoisotopic (exact) mass is 2630 g/mol. The minimum absolute atomic E-state index is 0. The zero-order valence-corrected chi connectivity index (χ0v) is 91.7. The van der Waals surface area contributed by atoms with Crippen molar-refractivity contribution < 1.29 is 89.6 Å². The van der Waals surface area contributed by atoms with E-state index in [1.807, 2.05) is 349 Å². The van der Waals surface area contributed by atoms with Crippen LogP contribution in [-0.2, 0) is 93.4 Å². The van der Waals surface area contributed by atoms with Crippen LogP contribution in [0.5, 0.6) is 0 Å². The number of hydrogen-bond acceptors (Lipinski definition) is 7. The summed E-state index contributed by atoms with van der Waals surface area (Å²) < 4.78 is 6.19. The first-order valence-electron chi connectivity index (χ1n) is 47.9. The summed E-state index contributed by atoms with van der Waals surface area (Å²) in [5, 5.41) is 0. The summed E-state index contributed by atoms with van der Waals surface area (Å²) in [7, 11) is 0. The van der Waals surface area contributed by atoms with Crippen molar-refractivity contribution in [1.82, 2.24) is 39.5 Å². The van der Waals surface area contributed by atoms with Crippen LogP contribution in [0.2, 0.25) is 0 Å². The molecule has 24 rings (SSSR count). The summed E-state index contributed by atoms with van der Waals surface area (Å²) in [6.07, 6.45) is 21.4. The molecule has 0 N–H and O–H groups in total. The summed E-state index contributed by atoms with van der Waals surface area (Å²) in [6, 6.07) is 186. The van der Waals surface area contributed by atoms with E-state index >= 15 is 0 Å². The fraction of sp³-hybridized carbons (Fsp3) is 0.0522. The van der Waals surface area contributed by atoms with Gasteiger partial charge in [-0.1, -0.05) is 238 Å². The molecule has 0 fully saturated rings.